The van der Waals surface area contributed by atoms with Crippen molar-refractivity contribution in [1.82, 2.24) is 0 Å². The molecule has 0 saturated carbocycles. The molecule has 1 aromatic rings. The molecule has 0 radical (unpaired) electrons. The van der Waals surface area contributed by atoms with Crippen LogP contribution < -0.4 is 0 Å². The zero-order valence-corrected chi connectivity index (χ0v) is 9.98. The number of hydrogen-bond donors (Lipinski definition) is 2. The summed E-state index contributed by atoms with van der Waals surface area (Å²) in [6, 6.07) is 5.70. The summed E-state index contributed by atoms with van der Waals surface area (Å²) in [5.41, 5.74) is 0. The van der Waals surface area contributed by atoms with Crippen molar-refractivity contribution in [2.24, 2.45) is 0 Å². The molecule has 1 aromatic carbocycles. The summed E-state index contributed by atoms with van der Waals surface area (Å²) in [7, 11) is -5.17. The number of phenolic OH excluding ortho intramolecular Hbond substituents is 2. The summed E-state index contributed by atoms with van der Waals surface area (Å²) in [5, 5.41) is 17.3. The van der Waals surface area contributed by atoms with E-state index in [1.165, 1.54) is 24.3 Å². The van der Waals surface area contributed by atoms with E-state index in [0.717, 1.165) is 0 Å². The summed E-state index contributed by atoms with van der Waals surface area (Å²) < 4.78 is 34.1. The Balaban J connectivity index is 0. The van der Waals surface area contributed by atoms with Crippen molar-refractivity contribution in [2.75, 3.05) is 0 Å². The first-order chi connectivity index (χ1) is 5.79. The van der Waals surface area contributed by atoms with Crippen LogP contribution >= 0.6 is 0 Å². The Morgan fingerprint density at radius 1 is 0.929 bits per heavy atom. The smallest absolute Gasteiger partial charge is 0.759 e. The molecule has 0 aliphatic carbocycles. The molecule has 74 valence electrons. The Morgan fingerprint density at radius 3 is 1.21 bits per heavy atom. The van der Waals surface area contributed by atoms with Crippen molar-refractivity contribution < 1.29 is 27.7 Å². The first kappa shape index (κ1) is 16.4. The van der Waals surface area contributed by atoms with Crippen LogP contribution in [0.2, 0.25) is 0 Å². The van der Waals surface area contributed by atoms with Crippen LogP contribution in [-0.2, 0) is 10.4 Å². The van der Waals surface area contributed by atoms with Gasteiger partial charge >= 0.3 is 37.7 Å². The molecular weight excluding hydrogens is 240 g/mol. The molecule has 0 aliphatic heterocycles. The second kappa shape index (κ2) is 7.27. The third-order valence-corrected chi connectivity index (χ3v) is 0.850. The molecule has 8 heteroatoms. The minimum atomic E-state index is -5.17. The summed E-state index contributed by atoms with van der Waals surface area (Å²) >= 11 is 0. The maximum atomic E-state index is 8.65. The van der Waals surface area contributed by atoms with Crippen LogP contribution in [-0.4, -0.2) is 65.5 Å². The molecule has 0 fully saturated rings. The van der Waals surface area contributed by atoms with Gasteiger partial charge in [0, 0.05) is 10.4 Å². The first-order valence-corrected chi connectivity index (χ1v) is 4.27. The second-order valence-corrected chi connectivity index (χ2v) is 2.74. The second-order valence-electron chi connectivity index (χ2n) is 1.92. The van der Waals surface area contributed by atoms with E-state index in [1.54, 1.807) is 0 Å². The van der Waals surface area contributed by atoms with Gasteiger partial charge in [-0.15, -0.1) is 0 Å². The summed E-state index contributed by atoms with van der Waals surface area (Å²) in [6.07, 6.45) is 0. The van der Waals surface area contributed by atoms with Crippen LogP contribution in [0.4, 0.5) is 0 Å². The maximum Gasteiger partial charge on any atom is 2.00 e. The molecule has 0 aromatic heterocycles. The van der Waals surface area contributed by atoms with E-state index in [1.807, 2.05) is 0 Å². The van der Waals surface area contributed by atoms with Crippen LogP contribution in [0.15, 0.2) is 24.3 Å². The largest absolute Gasteiger partial charge is 2.00 e. The van der Waals surface area contributed by atoms with Gasteiger partial charge in [-0.2, -0.15) is 0 Å². The molecule has 6 nitrogen and oxygen atoms in total. The predicted molar refractivity (Wildman–Crippen MR) is 46.0 cm³/mol. The quantitative estimate of drug-likeness (QED) is 0.272. The molecule has 2 N–H and O–H groups in total. The summed E-state index contributed by atoms with van der Waals surface area (Å²) in [4.78, 5) is 0. The molecule has 0 bridgehead atoms. The first-order valence-electron chi connectivity index (χ1n) is 2.94. The SMILES string of the molecule is O=S(=O)([O-])[O-].Oc1ccc(O)cc1.[Ca+2]. The van der Waals surface area contributed by atoms with Gasteiger partial charge in [-0.3, -0.25) is 8.42 Å². The van der Waals surface area contributed by atoms with E-state index < -0.39 is 10.4 Å². The Kier molecular flexibility index (Phi) is 8.51. The van der Waals surface area contributed by atoms with Gasteiger partial charge in [-0.1, -0.05) is 0 Å². The van der Waals surface area contributed by atoms with Crippen LogP contribution in [0, 0.1) is 0 Å². The molecule has 0 atom stereocenters. The molecule has 1 rings (SSSR count). The van der Waals surface area contributed by atoms with E-state index in [0.29, 0.717) is 0 Å². The van der Waals surface area contributed by atoms with Crippen molar-refractivity contribution >= 4 is 48.1 Å². The monoisotopic (exact) mass is 246 g/mol. The third-order valence-electron chi connectivity index (χ3n) is 0.850. The van der Waals surface area contributed by atoms with Gasteiger partial charge in [-0.05, 0) is 24.3 Å². The fraction of sp³-hybridized carbons (Fsp3) is 0. The molecule has 0 heterocycles. The molecule has 14 heavy (non-hydrogen) atoms. The zero-order chi connectivity index (χ0) is 10.5. The topological polar surface area (TPSA) is 121 Å². The molecule has 0 unspecified atom stereocenters. The number of rotatable bonds is 0. The fourth-order valence-electron chi connectivity index (χ4n) is 0.453. The number of phenols is 2. The van der Waals surface area contributed by atoms with Crippen molar-refractivity contribution in [3.8, 4) is 11.5 Å². The molecule has 0 amide bonds. The van der Waals surface area contributed by atoms with Crippen LogP contribution in [0.25, 0.3) is 0 Å². The van der Waals surface area contributed by atoms with Gasteiger partial charge in [0.1, 0.15) is 11.5 Å². The Labute approximate surface area is 111 Å². The van der Waals surface area contributed by atoms with Gasteiger partial charge in [0.25, 0.3) is 0 Å². The standard InChI is InChI=1S/C6H6O2.Ca.H2O4S/c7-5-1-2-6(8)4-3-5;;1-5(2,3)4/h1-4,7-8H;;(H2,1,2,3,4)/q;+2;/p-2. The van der Waals surface area contributed by atoms with Crippen molar-refractivity contribution in [2.45, 2.75) is 0 Å². The van der Waals surface area contributed by atoms with Crippen molar-refractivity contribution in [3.63, 3.8) is 0 Å². The average Bonchev–Trinajstić information content (AvgIpc) is 1.92. The predicted octanol–water partition coefficient (Wildman–Crippen LogP) is -0.621. The molecule has 0 aliphatic rings. The van der Waals surface area contributed by atoms with Crippen LogP contribution in [0.1, 0.15) is 0 Å². The van der Waals surface area contributed by atoms with Gasteiger partial charge < -0.3 is 19.3 Å². The van der Waals surface area contributed by atoms with Gasteiger partial charge in [0.15, 0.2) is 0 Å². The van der Waals surface area contributed by atoms with Gasteiger partial charge in [0.05, 0.1) is 0 Å². The van der Waals surface area contributed by atoms with E-state index in [2.05, 4.69) is 0 Å². The maximum absolute atomic E-state index is 8.65. The van der Waals surface area contributed by atoms with Gasteiger partial charge in [0.2, 0.25) is 0 Å². The van der Waals surface area contributed by atoms with Crippen molar-refractivity contribution in [3.05, 3.63) is 24.3 Å². The number of hydrogen-bond acceptors (Lipinski definition) is 6. The molecule has 0 saturated heterocycles. The molecule has 0 spiro atoms. The summed E-state index contributed by atoms with van der Waals surface area (Å²) in [5.74, 6) is 0.339. The number of benzene rings is 1. The minimum Gasteiger partial charge on any atom is -0.759 e. The summed E-state index contributed by atoms with van der Waals surface area (Å²) in [6.45, 7) is 0. The normalized spacial score (nSPS) is 9.29. The number of aromatic hydroxyl groups is 2. The zero-order valence-electron chi connectivity index (χ0n) is 6.95. The average molecular weight is 246 g/mol. The van der Waals surface area contributed by atoms with Crippen LogP contribution in [0.3, 0.4) is 0 Å². The molecular formula is C6H6CaO6S. The fourth-order valence-corrected chi connectivity index (χ4v) is 0.453. The Hall–Kier alpha value is -0.0503. The van der Waals surface area contributed by atoms with E-state index >= 15 is 0 Å². The minimum absolute atomic E-state index is 0. The van der Waals surface area contributed by atoms with Crippen molar-refractivity contribution in [1.29, 1.82) is 0 Å². The third kappa shape index (κ3) is 14.5. The Morgan fingerprint density at radius 2 is 1.07 bits per heavy atom. The van der Waals surface area contributed by atoms with E-state index in [4.69, 9.17) is 27.7 Å². The van der Waals surface area contributed by atoms with E-state index in [-0.39, 0.29) is 49.2 Å². The van der Waals surface area contributed by atoms with Crippen LogP contribution in [0.5, 0.6) is 11.5 Å². The Bertz CT molecular complexity index is 316. The van der Waals surface area contributed by atoms with E-state index in [9.17, 15) is 0 Å². The van der Waals surface area contributed by atoms with Gasteiger partial charge in [-0.25, -0.2) is 0 Å².